The van der Waals surface area contributed by atoms with Crippen LogP contribution >= 0.6 is 0 Å². The van der Waals surface area contributed by atoms with Gasteiger partial charge in [0.25, 0.3) is 0 Å². The molecule has 3 rings (SSSR count). The Bertz CT molecular complexity index is 677. The van der Waals surface area contributed by atoms with Crippen LogP contribution in [0.5, 0.6) is 5.75 Å². The minimum atomic E-state index is 0.254. The van der Waals surface area contributed by atoms with Gasteiger partial charge in [0.2, 0.25) is 5.91 Å². The molecule has 1 saturated heterocycles. The number of nitrogens with zero attached hydrogens (tertiary/aromatic N) is 1. The number of hydrogen-bond donors (Lipinski definition) is 1. The molecule has 0 aromatic heterocycles. The molecule has 1 heterocycles. The van der Waals surface area contributed by atoms with Gasteiger partial charge in [0.1, 0.15) is 5.75 Å². The molecule has 0 saturated carbocycles. The van der Waals surface area contributed by atoms with Crippen molar-refractivity contribution in [1.82, 2.24) is 4.90 Å². The average Bonchev–Trinajstić information content (AvgIpc) is 2.70. The third-order valence-electron chi connectivity index (χ3n) is 5.09. The molecule has 0 spiro atoms. The number of amides is 1. The second-order valence-electron chi connectivity index (χ2n) is 6.92. The largest absolute Gasteiger partial charge is 0.497 e. The summed E-state index contributed by atoms with van der Waals surface area (Å²) in [4.78, 5) is 14.4. The first-order chi connectivity index (χ1) is 12.7. The molecule has 2 aromatic rings. The molecule has 26 heavy (non-hydrogen) atoms. The Labute approximate surface area is 156 Å². The minimum absolute atomic E-state index is 0.254. The van der Waals surface area contributed by atoms with Crippen LogP contribution in [0.1, 0.15) is 24.8 Å². The molecule has 2 aromatic carbocycles. The van der Waals surface area contributed by atoms with Gasteiger partial charge < -0.3 is 15.0 Å². The first-order valence-corrected chi connectivity index (χ1v) is 9.44. The molecule has 4 heteroatoms. The van der Waals surface area contributed by atoms with E-state index in [2.05, 4.69) is 35.6 Å². The van der Waals surface area contributed by atoms with Crippen molar-refractivity contribution in [2.75, 3.05) is 32.1 Å². The van der Waals surface area contributed by atoms with E-state index < -0.39 is 0 Å². The number of carbonyl (C=O) groups excluding carboxylic acids is 1. The van der Waals surface area contributed by atoms with E-state index in [0.29, 0.717) is 18.9 Å². The number of likely N-dealkylation sites (tertiary alicyclic amines) is 1. The number of methoxy groups -OCH3 is 1. The Morgan fingerprint density at radius 3 is 2.42 bits per heavy atom. The summed E-state index contributed by atoms with van der Waals surface area (Å²) in [6, 6.07) is 18.4. The molecule has 4 nitrogen and oxygen atoms in total. The van der Waals surface area contributed by atoms with Crippen LogP contribution in [0.15, 0.2) is 54.6 Å². The van der Waals surface area contributed by atoms with Crippen LogP contribution in [-0.4, -0.2) is 37.6 Å². The summed E-state index contributed by atoms with van der Waals surface area (Å²) in [6.45, 7) is 2.44. The summed E-state index contributed by atoms with van der Waals surface area (Å²) in [6.07, 6.45) is 3.87. The fourth-order valence-corrected chi connectivity index (χ4v) is 3.51. The van der Waals surface area contributed by atoms with E-state index in [1.54, 1.807) is 7.11 Å². The number of nitrogens with one attached hydrogen (secondary N) is 1. The van der Waals surface area contributed by atoms with Gasteiger partial charge in [-0.2, -0.15) is 0 Å². The lowest BCUT2D eigenvalue weighted by molar-refractivity contribution is -0.132. The normalized spacial score (nSPS) is 14.9. The molecule has 1 N–H and O–H groups in total. The van der Waals surface area contributed by atoms with Crippen LogP contribution in [0.3, 0.4) is 0 Å². The summed E-state index contributed by atoms with van der Waals surface area (Å²) >= 11 is 0. The number of carbonyl (C=O) groups is 1. The molecule has 0 aliphatic carbocycles. The molecule has 0 atom stereocenters. The lowest BCUT2D eigenvalue weighted by Crippen LogP contribution is -2.39. The molecule has 138 valence electrons. The van der Waals surface area contributed by atoms with E-state index in [1.807, 2.05) is 29.2 Å². The van der Waals surface area contributed by atoms with Crippen molar-refractivity contribution < 1.29 is 9.53 Å². The van der Waals surface area contributed by atoms with Crippen molar-refractivity contribution in [2.24, 2.45) is 5.92 Å². The summed E-state index contributed by atoms with van der Waals surface area (Å²) in [5.74, 6) is 1.79. The van der Waals surface area contributed by atoms with Gasteiger partial charge in [0.05, 0.1) is 7.11 Å². The standard InChI is InChI=1S/C22H28N2O2/c1-26-21-9-7-20(8-10-21)23-14-11-22(25)24-15-12-19(13-16-24)17-18-5-3-2-4-6-18/h2-10,19,23H,11-17H2,1H3. The molecule has 0 unspecified atom stereocenters. The predicted molar refractivity (Wildman–Crippen MR) is 106 cm³/mol. The van der Waals surface area contributed by atoms with Crippen LogP contribution < -0.4 is 10.1 Å². The predicted octanol–water partition coefficient (Wildman–Crippen LogP) is 3.98. The monoisotopic (exact) mass is 352 g/mol. The van der Waals surface area contributed by atoms with Gasteiger partial charge in [0.15, 0.2) is 0 Å². The quantitative estimate of drug-likeness (QED) is 0.819. The lowest BCUT2D eigenvalue weighted by Gasteiger charge is -2.32. The third-order valence-corrected chi connectivity index (χ3v) is 5.09. The van der Waals surface area contributed by atoms with Crippen LogP contribution in [0.25, 0.3) is 0 Å². The van der Waals surface area contributed by atoms with Gasteiger partial charge in [-0.25, -0.2) is 0 Å². The number of rotatable bonds is 7. The minimum Gasteiger partial charge on any atom is -0.497 e. The first-order valence-electron chi connectivity index (χ1n) is 9.44. The summed E-state index contributed by atoms with van der Waals surface area (Å²) in [5.41, 5.74) is 2.42. The van der Waals surface area contributed by atoms with Crippen LogP contribution in [0, 0.1) is 5.92 Å². The van der Waals surface area contributed by atoms with E-state index in [9.17, 15) is 4.79 Å². The van der Waals surface area contributed by atoms with Crippen molar-refractivity contribution in [2.45, 2.75) is 25.7 Å². The van der Waals surface area contributed by atoms with Crippen molar-refractivity contribution in [1.29, 1.82) is 0 Å². The fourth-order valence-electron chi connectivity index (χ4n) is 3.51. The maximum Gasteiger partial charge on any atom is 0.224 e. The Morgan fingerprint density at radius 1 is 1.08 bits per heavy atom. The third kappa shape index (κ3) is 5.25. The second-order valence-corrected chi connectivity index (χ2v) is 6.92. The lowest BCUT2D eigenvalue weighted by atomic mass is 9.90. The number of piperidine rings is 1. The highest BCUT2D eigenvalue weighted by Crippen LogP contribution is 2.22. The Balaban J connectivity index is 1.36. The average molecular weight is 352 g/mol. The van der Waals surface area contributed by atoms with Crippen LogP contribution in [0.2, 0.25) is 0 Å². The number of benzene rings is 2. The first kappa shape index (κ1) is 18.3. The van der Waals surface area contributed by atoms with Crippen molar-refractivity contribution in [3.63, 3.8) is 0 Å². The van der Waals surface area contributed by atoms with E-state index in [1.165, 1.54) is 5.56 Å². The van der Waals surface area contributed by atoms with E-state index in [0.717, 1.165) is 43.8 Å². The summed E-state index contributed by atoms with van der Waals surface area (Å²) in [7, 11) is 1.66. The highest BCUT2D eigenvalue weighted by Gasteiger charge is 2.22. The van der Waals surface area contributed by atoms with Crippen molar-refractivity contribution >= 4 is 11.6 Å². The smallest absolute Gasteiger partial charge is 0.224 e. The Kier molecular flexibility index (Phi) is 6.53. The Morgan fingerprint density at radius 2 is 1.77 bits per heavy atom. The van der Waals surface area contributed by atoms with Gasteiger partial charge in [-0.1, -0.05) is 30.3 Å². The highest BCUT2D eigenvalue weighted by atomic mass is 16.5. The topological polar surface area (TPSA) is 41.6 Å². The van der Waals surface area contributed by atoms with E-state index in [4.69, 9.17) is 4.74 Å². The second kappa shape index (κ2) is 9.27. The molecule has 0 bridgehead atoms. The molecule has 1 aliphatic rings. The SMILES string of the molecule is COc1ccc(NCCC(=O)N2CCC(Cc3ccccc3)CC2)cc1. The van der Waals surface area contributed by atoms with Gasteiger partial charge in [-0.3, -0.25) is 4.79 Å². The molecule has 1 amide bonds. The fraction of sp³-hybridized carbons (Fsp3) is 0.409. The van der Waals surface area contributed by atoms with Crippen LogP contribution in [0.4, 0.5) is 5.69 Å². The van der Waals surface area contributed by atoms with Gasteiger partial charge >= 0.3 is 0 Å². The number of anilines is 1. The molecule has 0 radical (unpaired) electrons. The maximum absolute atomic E-state index is 12.4. The van der Waals surface area contributed by atoms with Crippen molar-refractivity contribution in [3.8, 4) is 5.75 Å². The zero-order chi connectivity index (χ0) is 18.2. The zero-order valence-corrected chi connectivity index (χ0v) is 15.5. The van der Waals surface area contributed by atoms with Crippen molar-refractivity contribution in [3.05, 3.63) is 60.2 Å². The van der Waals surface area contributed by atoms with Gasteiger partial charge in [0, 0.05) is 31.7 Å². The molecular weight excluding hydrogens is 324 g/mol. The maximum atomic E-state index is 12.4. The molecular formula is C22H28N2O2. The summed E-state index contributed by atoms with van der Waals surface area (Å²) in [5, 5.41) is 3.30. The summed E-state index contributed by atoms with van der Waals surface area (Å²) < 4.78 is 5.15. The van der Waals surface area contributed by atoms with Gasteiger partial charge in [-0.15, -0.1) is 0 Å². The number of hydrogen-bond acceptors (Lipinski definition) is 3. The number of ether oxygens (including phenoxy) is 1. The molecule has 1 fully saturated rings. The van der Waals surface area contributed by atoms with Crippen LogP contribution in [-0.2, 0) is 11.2 Å². The van der Waals surface area contributed by atoms with Gasteiger partial charge in [-0.05, 0) is 55.0 Å². The van der Waals surface area contributed by atoms with E-state index in [-0.39, 0.29) is 5.91 Å². The Hall–Kier alpha value is -2.49. The highest BCUT2D eigenvalue weighted by molar-refractivity contribution is 5.76. The van der Waals surface area contributed by atoms with E-state index >= 15 is 0 Å². The zero-order valence-electron chi connectivity index (χ0n) is 15.5. The molecule has 1 aliphatic heterocycles.